The van der Waals surface area contributed by atoms with Crippen molar-refractivity contribution in [3.05, 3.63) is 41.2 Å². The molecule has 136 valence electrons. The van der Waals surface area contributed by atoms with Crippen molar-refractivity contribution < 1.29 is 14.4 Å². The molecule has 0 saturated heterocycles. The maximum Gasteiger partial charge on any atom is 0.269 e. The number of nitrogens with zero attached hydrogens (tertiary/aromatic N) is 2. The zero-order chi connectivity index (χ0) is 18.8. The molecule has 0 saturated carbocycles. The number of fused-ring (bicyclic) bond motifs is 1. The van der Waals surface area contributed by atoms with Crippen molar-refractivity contribution in [3.63, 3.8) is 0 Å². The number of thioether (sulfide) groups is 1. The standard InChI is InChI=1S/C17H19N5O3S/c1-9-6-10(2)22(21-9)8-15(23)19-20-17(25)12-4-5-14-13(7-12)18-16(24)11(3)26-14/h4-7,11H,8H2,1-3H3,(H,18,24)(H,19,23)(H,20,25)/t11-/m0/s1. The number of aryl methyl sites for hydroxylation is 2. The van der Waals surface area contributed by atoms with Crippen molar-refractivity contribution in [1.29, 1.82) is 0 Å². The summed E-state index contributed by atoms with van der Waals surface area (Å²) in [6.07, 6.45) is 0. The van der Waals surface area contributed by atoms with Crippen LogP contribution in [-0.4, -0.2) is 32.8 Å². The monoisotopic (exact) mass is 373 g/mol. The van der Waals surface area contributed by atoms with Crippen LogP contribution in [0.25, 0.3) is 0 Å². The summed E-state index contributed by atoms with van der Waals surface area (Å²) >= 11 is 1.44. The number of hydrogen-bond acceptors (Lipinski definition) is 5. The van der Waals surface area contributed by atoms with Crippen LogP contribution in [0.3, 0.4) is 0 Å². The summed E-state index contributed by atoms with van der Waals surface area (Å²) in [7, 11) is 0. The number of rotatable bonds is 3. The van der Waals surface area contributed by atoms with Crippen LogP contribution < -0.4 is 16.2 Å². The first kappa shape index (κ1) is 18.0. The van der Waals surface area contributed by atoms with Crippen LogP contribution in [0.1, 0.15) is 28.7 Å². The van der Waals surface area contributed by atoms with Gasteiger partial charge in [0, 0.05) is 16.2 Å². The minimum Gasteiger partial charge on any atom is -0.324 e. The lowest BCUT2D eigenvalue weighted by molar-refractivity contribution is -0.122. The summed E-state index contributed by atoms with van der Waals surface area (Å²) in [6.45, 7) is 5.53. The topological polar surface area (TPSA) is 105 Å². The third-order valence-electron chi connectivity index (χ3n) is 3.88. The highest BCUT2D eigenvalue weighted by Gasteiger charge is 2.23. The summed E-state index contributed by atoms with van der Waals surface area (Å²) in [5.41, 5.74) is 7.36. The molecule has 2 heterocycles. The van der Waals surface area contributed by atoms with Gasteiger partial charge in [0.15, 0.2) is 0 Å². The molecular weight excluding hydrogens is 354 g/mol. The summed E-state index contributed by atoms with van der Waals surface area (Å²) in [6, 6.07) is 6.89. The molecule has 1 aliphatic rings. The van der Waals surface area contributed by atoms with E-state index in [2.05, 4.69) is 21.3 Å². The highest BCUT2D eigenvalue weighted by Crippen LogP contribution is 2.35. The SMILES string of the molecule is Cc1cc(C)n(CC(=O)NNC(=O)c2ccc3c(c2)NC(=O)[C@H](C)S3)n1. The zero-order valence-corrected chi connectivity index (χ0v) is 15.4. The number of hydrazine groups is 1. The Morgan fingerprint density at radius 2 is 2.04 bits per heavy atom. The van der Waals surface area contributed by atoms with Crippen LogP contribution >= 0.6 is 11.8 Å². The number of nitrogens with one attached hydrogen (secondary N) is 3. The van der Waals surface area contributed by atoms with Gasteiger partial charge in [-0.3, -0.25) is 29.9 Å². The van der Waals surface area contributed by atoms with E-state index in [-0.39, 0.29) is 23.6 Å². The van der Waals surface area contributed by atoms with E-state index in [1.54, 1.807) is 22.9 Å². The van der Waals surface area contributed by atoms with Crippen LogP contribution in [0, 0.1) is 13.8 Å². The molecule has 1 aromatic carbocycles. The zero-order valence-electron chi connectivity index (χ0n) is 14.6. The predicted octanol–water partition coefficient (Wildman–Crippen LogP) is 1.39. The second-order valence-corrected chi connectivity index (χ2v) is 7.43. The molecule has 1 atom stereocenters. The van der Waals surface area contributed by atoms with Crippen LogP contribution in [0.5, 0.6) is 0 Å². The number of hydrogen-bond donors (Lipinski definition) is 3. The van der Waals surface area contributed by atoms with E-state index in [0.29, 0.717) is 11.3 Å². The van der Waals surface area contributed by atoms with E-state index in [9.17, 15) is 14.4 Å². The maximum atomic E-state index is 12.2. The van der Waals surface area contributed by atoms with E-state index in [4.69, 9.17) is 0 Å². The minimum absolute atomic E-state index is 0.00866. The van der Waals surface area contributed by atoms with E-state index in [0.717, 1.165) is 16.3 Å². The third-order valence-corrected chi connectivity index (χ3v) is 5.06. The number of anilines is 1. The summed E-state index contributed by atoms with van der Waals surface area (Å²) in [5.74, 6) is -0.953. The Morgan fingerprint density at radius 1 is 1.27 bits per heavy atom. The first-order valence-corrected chi connectivity index (χ1v) is 8.93. The van der Waals surface area contributed by atoms with E-state index in [1.165, 1.54) is 11.8 Å². The van der Waals surface area contributed by atoms with Crippen LogP contribution in [0.2, 0.25) is 0 Å². The minimum atomic E-state index is -0.465. The quantitative estimate of drug-likeness (QED) is 0.705. The number of carbonyl (C=O) groups is 3. The van der Waals surface area contributed by atoms with E-state index < -0.39 is 5.91 Å². The molecule has 1 aromatic heterocycles. The average Bonchev–Trinajstić information content (AvgIpc) is 2.90. The Hall–Kier alpha value is -2.81. The number of carbonyl (C=O) groups excluding carboxylic acids is 3. The Balaban J connectivity index is 1.60. The number of benzene rings is 1. The fourth-order valence-electron chi connectivity index (χ4n) is 2.56. The van der Waals surface area contributed by atoms with Gasteiger partial charge < -0.3 is 5.32 Å². The van der Waals surface area contributed by atoms with Gasteiger partial charge in [-0.1, -0.05) is 0 Å². The summed E-state index contributed by atoms with van der Waals surface area (Å²) in [5, 5.41) is 6.80. The molecule has 9 heteroatoms. The molecule has 0 spiro atoms. The van der Waals surface area contributed by atoms with Gasteiger partial charge >= 0.3 is 0 Å². The van der Waals surface area contributed by atoms with Crippen molar-refractivity contribution in [1.82, 2.24) is 20.6 Å². The highest BCUT2D eigenvalue weighted by molar-refractivity contribution is 8.00. The van der Waals surface area contributed by atoms with Gasteiger partial charge in [-0.15, -0.1) is 11.8 Å². The van der Waals surface area contributed by atoms with Crippen molar-refractivity contribution >= 4 is 35.2 Å². The lowest BCUT2D eigenvalue weighted by atomic mass is 10.2. The highest BCUT2D eigenvalue weighted by atomic mass is 32.2. The maximum absolute atomic E-state index is 12.2. The normalized spacial score (nSPS) is 15.8. The van der Waals surface area contributed by atoms with Gasteiger partial charge in [-0.2, -0.15) is 5.10 Å². The van der Waals surface area contributed by atoms with Gasteiger partial charge in [0.1, 0.15) is 6.54 Å². The van der Waals surface area contributed by atoms with E-state index >= 15 is 0 Å². The Morgan fingerprint density at radius 3 is 2.73 bits per heavy atom. The third kappa shape index (κ3) is 3.88. The molecule has 0 unspecified atom stereocenters. The molecule has 1 aliphatic heterocycles. The van der Waals surface area contributed by atoms with Crippen molar-refractivity contribution in [2.75, 3.05) is 5.32 Å². The van der Waals surface area contributed by atoms with Crippen molar-refractivity contribution in [3.8, 4) is 0 Å². The van der Waals surface area contributed by atoms with Gasteiger partial charge in [0.25, 0.3) is 11.8 Å². The molecular formula is C17H19N5O3S. The molecule has 3 rings (SSSR count). The smallest absolute Gasteiger partial charge is 0.269 e. The Bertz CT molecular complexity index is 893. The second kappa shape index (κ2) is 7.20. The summed E-state index contributed by atoms with van der Waals surface area (Å²) in [4.78, 5) is 36.9. The molecule has 3 amide bonds. The molecule has 26 heavy (non-hydrogen) atoms. The lowest BCUT2D eigenvalue weighted by Crippen LogP contribution is -2.43. The molecule has 2 aromatic rings. The first-order valence-electron chi connectivity index (χ1n) is 8.05. The second-order valence-electron chi connectivity index (χ2n) is 6.05. The van der Waals surface area contributed by atoms with Crippen molar-refractivity contribution in [2.24, 2.45) is 0 Å². The van der Waals surface area contributed by atoms with Crippen LogP contribution in [0.15, 0.2) is 29.2 Å². The van der Waals surface area contributed by atoms with Gasteiger partial charge in [-0.05, 0) is 45.0 Å². The van der Waals surface area contributed by atoms with Gasteiger partial charge in [0.2, 0.25) is 5.91 Å². The molecule has 0 radical (unpaired) electrons. The summed E-state index contributed by atoms with van der Waals surface area (Å²) < 4.78 is 1.56. The fourth-order valence-corrected chi connectivity index (χ4v) is 3.49. The average molecular weight is 373 g/mol. The van der Waals surface area contributed by atoms with Crippen LogP contribution in [-0.2, 0) is 16.1 Å². The predicted molar refractivity (Wildman–Crippen MR) is 97.7 cm³/mol. The van der Waals surface area contributed by atoms with Crippen LogP contribution in [0.4, 0.5) is 5.69 Å². The molecule has 0 aliphatic carbocycles. The van der Waals surface area contributed by atoms with Gasteiger partial charge in [-0.25, -0.2) is 0 Å². The Labute approximate surface area is 154 Å². The van der Waals surface area contributed by atoms with Gasteiger partial charge in [0.05, 0.1) is 16.6 Å². The largest absolute Gasteiger partial charge is 0.324 e. The first-order chi connectivity index (χ1) is 12.3. The van der Waals surface area contributed by atoms with Crippen molar-refractivity contribution in [2.45, 2.75) is 37.5 Å². The lowest BCUT2D eigenvalue weighted by Gasteiger charge is -2.21. The Kier molecular flexibility index (Phi) is 4.99. The molecule has 0 fully saturated rings. The number of amides is 3. The fraction of sp³-hybridized carbons (Fsp3) is 0.294. The molecule has 0 bridgehead atoms. The van der Waals surface area contributed by atoms with E-state index in [1.807, 2.05) is 26.8 Å². The number of aromatic nitrogens is 2. The molecule has 8 nitrogen and oxygen atoms in total. The molecule has 3 N–H and O–H groups in total.